The SMILES string of the molecule is Cc1cn(C2=CN3CCN(C[C@@]45C[C@]4(C)C(C)(C)Oc4ccc(Cl)cc45)C=C3C=C2)cn1. The molecule has 2 aromatic rings. The highest BCUT2D eigenvalue weighted by Crippen LogP contribution is 2.74. The van der Waals surface area contributed by atoms with Crippen molar-refractivity contribution in [1.29, 1.82) is 0 Å². The van der Waals surface area contributed by atoms with E-state index < -0.39 is 0 Å². The Bertz CT molecular complexity index is 1210. The molecule has 0 N–H and O–H groups in total. The molecule has 0 saturated heterocycles. The van der Waals surface area contributed by atoms with Crippen LogP contribution in [0.1, 0.15) is 38.4 Å². The molecule has 0 radical (unpaired) electrons. The second-order valence-corrected chi connectivity index (χ2v) is 10.8. The van der Waals surface area contributed by atoms with Crippen molar-refractivity contribution in [1.82, 2.24) is 19.4 Å². The van der Waals surface area contributed by atoms with E-state index in [4.69, 9.17) is 16.3 Å². The van der Waals surface area contributed by atoms with Crippen LogP contribution in [0.15, 0.2) is 61.0 Å². The highest BCUT2D eigenvalue weighted by molar-refractivity contribution is 6.30. The Hall–Kier alpha value is -2.66. The number of ether oxygens (including phenoxy) is 1. The molecule has 166 valence electrons. The zero-order chi connectivity index (χ0) is 22.3. The molecule has 4 aliphatic rings. The van der Waals surface area contributed by atoms with Gasteiger partial charge in [-0.15, -0.1) is 0 Å². The van der Waals surface area contributed by atoms with Gasteiger partial charge in [-0.3, -0.25) is 0 Å². The van der Waals surface area contributed by atoms with Gasteiger partial charge in [0.05, 0.1) is 23.4 Å². The lowest BCUT2D eigenvalue weighted by Crippen LogP contribution is -2.49. The van der Waals surface area contributed by atoms with Gasteiger partial charge in [-0.25, -0.2) is 4.98 Å². The van der Waals surface area contributed by atoms with Crippen molar-refractivity contribution in [2.24, 2.45) is 5.41 Å². The van der Waals surface area contributed by atoms with Crippen LogP contribution in [0, 0.1) is 12.3 Å². The Morgan fingerprint density at radius 1 is 1.09 bits per heavy atom. The first-order chi connectivity index (χ1) is 15.2. The summed E-state index contributed by atoms with van der Waals surface area (Å²) in [5.41, 5.74) is 4.59. The number of fused-ring (bicyclic) bond motifs is 4. The van der Waals surface area contributed by atoms with E-state index in [0.29, 0.717) is 0 Å². The van der Waals surface area contributed by atoms with Crippen LogP contribution in [0.2, 0.25) is 5.02 Å². The van der Waals surface area contributed by atoms with Gasteiger partial charge in [-0.05, 0) is 57.5 Å². The monoisotopic (exact) mass is 448 g/mol. The van der Waals surface area contributed by atoms with E-state index in [1.807, 2.05) is 25.4 Å². The second-order valence-electron chi connectivity index (χ2n) is 10.4. The van der Waals surface area contributed by atoms with Crippen LogP contribution in [-0.2, 0) is 5.41 Å². The fourth-order valence-corrected chi connectivity index (χ4v) is 6.11. The fraction of sp³-hybridized carbons (Fsp3) is 0.423. The number of nitrogens with zero attached hydrogens (tertiary/aromatic N) is 4. The zero-order valence-electron chi connectivity index (χ0n) is 19.1. The number of benzene rings is 1. The summed E-state index contributed by atoms with van der Waals surface area (Å²) in [5, 5.41) is 0.784. The number of aryl methyl sites for hydroxylation is 1. The van der Waals surface area contributed by atoms with E-state index in [2.05, 4.69) is 76.9 Å². The summed E-state index contributed by atoms with van der Waals surface area (Å²) in [4.78, 5) is 9.19. The fourth-order valence-electron chi connectivity index (χ4n) is 5.94. The number of halogens is 1. The van der Waals surface area contributed by atoms with Crippen molar-refractivity contribution < 1.29 is 4.74 Å². The van der Waals surface area contributed by atoms with Gasteiger partial charge in [-0.1, -0.05) is 18.5 Å². The quantitative estimate of drug-likeness (QED) is 0.646. The maximum absolute atomic E-state index is 6.46. The summed E-state index contributed by atoms with van der Waals surface area (Å²) in [7, 11) is 0. The van der Waals surface area contributed by atoms with Gasteiger partial charge in [-0.2, -0.15) is 0 Å². The van der Waals surface area contributed by atoms with Gasteiger partial charge in [0.2, 0.25) is 0 Å². The Balaban J connectivity index is 1.30. The molecule has 5 nitrogen and oxygen atoms in total. The van der Waals surface area contributed by atoms with Gasteiger partial charge in [0.25, 0.3) is 0 Å². The van der Waals surface area contributed by atoms with Crippen LogP contribution >= 0.6 is 11.6 Å². The number of allylic oxidation sites excluding steroid dienone is 3. The average Bonchev–Trinajstić information content (AvgIpc) is 3.16. The first-order valence-corrected chi connectivity index (χ1v) is 11.7. The van der Waals surface area contributed by atoms with Gasteiger partial charge < -0.3 is 19.1 Å². The topological polar surface area (TPSA) is 33.5 Å². The minimum atomic E-state index is -0.214. The van der Waals surface area contributed by atoms with Crippen molar-refractivity contribution in [2.75, 3.05) is 19.6 Å². The molecule has 1 aliphatic carbocycles. The van der Waals surface area contributed by atoms with Gasteiger partial charge in [0.15, 0.2) is 0 Å². The number of hydrogen-bond donors (Lipinski definition) is 0. The molecule has 0 bridgehead atoms. The molecule has 1 fully saturated rings. The number of hydrogen-bond acceptors (Lipinski definition) is 4. The van der Waals surface area contributed by atoms with Gasteiger partial charge in [0.1, 0.15) is 11.4 Å². The van der Waals surface area contributed by atoms with E-state index in [1.165, 1.54) is 11.3 Å². The first-order valence-electron chi connectivity index (χ1n) is 11.3. The molecule has 32 heavy (non-hydrogen) atoms. The molecule has 0 amide bonds. The standard InChI is InChI=1S/C26H29ClN4O/c1-18-12-31(17-28-18)21-7-6-20-13-29(9-10-30(20)14-21)16-26-15-25(26,4)24(2,3)32-23-8-5-19(27)11-22(23)26/h5-8,11-14,17H,9-10,15-16H2,1-4H3/t25-,26-/m1/s1. The minimum absolute atomic E-state index is 0.0575. The summed E-state index contributed by atoms with van der Waals surface area (Å²) in [6.07, 6.45) is 14.0. The normalized spacial score (nSPS) is 29.4. The molecule has 0 spiro atoms. The van der Waals surface area contributed by atoms with Crippen molar-refractivity contribution in [3.63, 3.8) is 0 Å². The van der Waals surface area contributed by atoms with Crippen LogP contribution in [0.4, 0.5) is 0 Å². The molecule has 1 aromatic heterocycles. The van der Waals surface area contributed by atoms with E-state index >= 15 is 0 Å². The molecule has 4 heterocycles. The lowest BCUT2D eigenvalue weighted by Gasteiger charge is -2.45. The van der Waals surface area contributed by atoms with Crippen molar-refractivity contribution in [3.05, 3.63) is 77.3 Å². The Morgan fingerprint density at radius 3 is 2.69 bits per heavy atom. The number of rotatable bonds is 3. The van der Waals surface area contributed by atoms with Crippen molar-refractivity contribution >= 4 is 17.3 Å². The first kappa shape index (κ1) is 20.0. The maximum atomic E-state index is 6.46. The molecule has 6 rings (SSSR count). The lowest BCUT2D eigenvalue weighted by molar-refractivity contribution is 0.00412. The third-order valence-electron chi connectivity index (χ3n) is 8.21. The molecular formula is C26H29ClN4O. The molecular weight excluding hydrogens is 420 g/mol. The predicted molar refractivity (Wildman–Crippen MR) is 127 cm³/mol. The zero-order valence-corrected chi connectivity index (χ0v) is 19.9. The molecule has 1 saturated carbocycles. The minimum Gasteiger partial charge on any atom is -0.487 e. The third kappa shape index (κ3) is 2.73. The molecule has 6 heteroatoms. The number of aromatic nitrogens is 2. The highest BCUT2D eigenvalue weighted by atomic mass is 35.5. The molecule has 0 unspecified atom stereocenters. The summed E-state index contributed by atoms with van der Waals surface area (Å²) in [6, 6.07) is 6.11. The second kappa shape index (κ2) is 6.44. The van der Waals surface area contributed by atoms with E-state index in [-0.39, 0.29) is 16.4 Å². The Labute approximate surface area is 194 Å². The van der Waals surface area contributed by atoms with Crippen molar-refractivity contribution in [3.8, 4) is 5.75 Å². The van der Waals surface area contributed by atoms with Crippen LogP contribution in [-0.4, -0.2) is 44.6 Å². The highest BCUT2D eigenvalue weighted by Gasteiger charge is 2.75. The molecule has 1 aromatic carbocycles. The summed E-state index contributed by atoms with van der Waals surface area (Å²) in [6.45, 7) is 11.8. The largest absolute Gasteiger partial charge is 0.487 e. The van der Waals surface area contributed by atoms with Crippen LogP contribution < -0.4 is 4.74 Å². The Morgan fingerprint density at radius 2 is 1.91 bits per heavy atom. The molecule has 3 aliphatic heterocycles. The summed E-state index contributed by atoms with van der Waals surface area (Å²) >= 11 is 6.43. The smallest absolute Gasteiger partial charge is 0.124 e. The maximum Gasteiger partial charge on any atom is 0.124 e. The lowest BCUT2D eigenvalue weighted by atomic mass is 9.75. The predicted octanol–water partition coefficient (Wildman–Crippen LogP) is 5.19. The van der Waals surface area contributed by atoms with E-state index in [0.717, 1.165) is 48.2 Å². The summed E-state index contributed by atoms with van der Waals surface area (Å²) < 4.78 is 8.54. The van der Waals surface area contributed by atoms with Crippen molar-refractivity contribution in [2.45, 2.75) is 45.1 Å². The summed E-state index contributed by atoms with van der Waals surface area (Å²) in [5.74, 6) is 0.987. The average molecular weight is 449 g/mol. The Kier molecular flexibility index (Phi) is 4.02. The van der Waals surface area contributed by atoms with E-state index in [9.17, 15) is 0 Å². The third-order valence-corrected chi connectivity index (χ3v) is 8.44. The van der Waals surface area contributed by atoms with Gasteiger partial charge >= 0.3 is 0 Å². The van der Waals surface area contributed by atoms with E-state index in [1.54, 1.807) is 0 Å². The number of imidazole rings is 1. The van der Waals surface area contributed by atoms with Crippen LogP contribution in [0.25, 0.3) is 5.70 Å². The van der Waals surface area contributed by atoms with Gasteiger partial charge in [0, 0.05) is 59.6 Å². The van der Waals surface area contributed by atoms with Crippen LogP contribution in [0.5, 0.6) is 5.75 Å². The van der Waals surface area contributed by atoms with Crippen LogP contribution in [0.3, 0.4) is 0 Å². The molecule has 2 atom stereocenters.